The summed E-state index contributed by atoms with van der Waals surface area (Å²) in [4.78, 5) is 33.0. The van der Waals surface area contributed by atoms with Crippen molar-refractivity contribution in [1.29, 1.82) is 0 Å². The SMILES string of the molecule is CC(C)CS(=O)(=O)N1CC[C@@H](O)[C@H](Nc2ncccc2-c2cnc3[nH]ccc3n2)C1.O[C@@H]1CCCC[C@H]1Nc1ncccc1-c1cnc2[nH]ccc2n1. The Balaban J connectivity index is 0.000000170. The lowest BCUT2D eigenvalue weighted by molar-refractivity contribution is 0.0989. The van der Waals surface area contributed by atoms with Crippen LogP contribution in [0.25, 0.3) is 44.8 Å². The summed E-state index contributed by atoms with van der Waals surface area (Å²) in [5, 5.41) is 27.4. The van der Waals surface area contributed by atoms with Crippen molar-refractivity contribution in [2.24, 2.45) is 5.92 Å². The van der Waals surface area contributed by atoms with Crippen LogP contribution in [0.4, 0.5) is 11.6 Å². The summed E-state index contributed by atoms with van der Waals surface area (Å²) in [5.41, 5.74) is 6.11. The third-order valence-electron chi connectivity index (χ3n) is 9.54. The largest absolute Gasteiger partial charge is 0.391 e. The lowest BCUT2D eigenvalue weighted by Crippen LogP contribution is -2.53. The quantitative estimate of drug-likeness (QED) is 0.120. The molecule has 0 aromatic carbocycles. The van der Waals surface area contributed by atoms with Crippen LogP contribution in [0.1, 0.15) is 46.0 Å². The number of pyridine rings is 2. The van der Waals surface area contributed by atoms with Crippen molar-refractivity contribution >= 4 is 44.0 Å². The number of anilines is 2. The minimum atomic E-state index is -3.38. The van der Waals surface area contributed by atoms with Crippen molar-refractivity contribution in [2.75, 3.05) is 29.5 Å². The van der Waals surface area contributed by atoms with Gasteiger partial charge in [-0.1, -0.05) is 26.7 Å². The number of nitrogens with zero attached hydrogens (tertiary/aromatic N) is 7. The predicted molar refractivity (Wildman–Crippen MR) is 204 cm³/mol. The molecule has 0 unspecified atom stereocenters. The van der Waals surface area contributed by atoms with Crippen LogP contribution in [0.3, 0.4) is 0 Å². The average Bonchev–Trinajstić information content (AvgIpc) is 3.83. The average molecular weight is 740 g/mol. The van der Waals surface area contributed by atoms with Gasteiger partial charge in [0.05, 0.1) is 53.8 Å². The smallest absolute Gasteiger partial charge is 0.214 e. The molecular formula is C37H45N11O4S. The summed E-state index contributed by atoms with van der Waals surface area (Å²) in [6.07, 6.45) is 13.8. The van der Waals surface area contributed by atoms with E-state index in [0.717, 1.165) is 65.0 Å². The van der Waals surface area contributed by atoms with E-state index in [0.29, 0.717) is 30.1 Å². The van der Waals surface area contributed by atoms with Crippen molar-refractivity contribution in [1.82, 2.24) is 44.2 Å². The van der Waals surface area contributed by atoms with Gasteiger partial charge >= 0.3 is 0 Å². The standard InChI is InChI=1S/C20H26N6O3S.C17H19N5O/c1-13(2)12-30(28,29)26-9-6-18(27)17(11-26)25-19-14(4-3-7-21-19)16-10-23-20-15(24-16)5-8-22-20;23-15-6-2-1-5-12(15)22-16-11(4-3-8-18-16)14-10-20-17-13(21-14)7-9-19-17/h3-5,7-8,10,13,17-18,27H,6,9,11-12H2,1-2H3,(H,21,25)(H,22,23);3-4,7-10,12,15,23H,1-2,5-6H2,(H,18,22)(H,19,20)/t17-,18-;12-,15-/m11/s1. The van der Waals surface area contributed by atoms with E-state index in [2.05, 4.69) is 50.5 Å². The molecule has 6 aromatic rings. The number of nitrogens with one attached hydrogen (secondary N) is 4. The molecule has 2 fully saturated rings. The summed E-state index contributed by atoms with van der Waals surface area (Å²) in [5.74, 6) is 1.42. The number of hydrogen-bond acceptors (Lipinski definition) is 12. The number of hydrogen-bond donors (Lipinski definition) is 6. The molecule has 2 aliphatic rings. The van der Waals surface area contributed by atoms with Crippen LogP contribution in [-0.2, 0) is 10.0 Å². The number of aliphatic hydroxyl groups excluding tert-OH is 2. The van der Waals surface area contributed by atoms with E-state index in [9.17, 15) is 18.6 Å². The van der Waals surface area contributed by atoms with Crippen LogP contribution >= 0.6 is 0 Å². The number of fused-ring (bicyclic) bond motifs is 2. The summed E-state index contributed by atoms with van der Waals surface area (Å²) < 4.78 is 26.8. The van der Waals surface area contributed by atoms with Crippen molar-refractivity contribution < 1.29 is 18.6 Å². The lowest BCUT2D eigenvalue weighted by atomic mass is 9.92. The second-order valence-electron chi connectivity index (χ2n) is 14.0. The molecule has 15 nitrogen and oxygen atoms in total. The molecule has 4 atom stereocenters. The van der Waals surface area contributed by atoms with Crippen LogP contribution in [0.15, 0.2) is 73.6 Å². The van der Waals surface area contributed by atoms with Crippen molar-refractivity contribution in [2.45, 2.75) is 70.2 Å². The van der Waals surface area contributed by atoms with Crippen LogP contribution in [-0.4, -0.2) is 106 Å². The van der Waals surface area contributed by atoms with Gasteiger partial charge in [-0.15, -0.1) is 0 Å². The molecule has 16 heteroatoms. The Morgan fingerprint density at radius 2 is 1.32 bits per heavy atom. The van der Waals surface area contributed by atoms with E-state index < -0.39 is 22.2 Å². The molecule has 6 N–H and O–H groups in total. The highest BCUT2D eigenvalue weighted by molar-refractivity contribution is 7.89. The van der Waals surface area contributed by atoms with E-state index in [4.69, 9.17) is 0 Å². The van der Waals surface area contributed by atoms with Gasteiger partial charge < -0.3 is 30.8 Å². The second-order valence-corrected chi connectivity index (χ2v) is 16.0. The fourth-order valence-corrected chi connectivity index (χ4v) is 8.66. The van der Waals surface area contributed by atoms with Crippen LogP contribution in [0.2, 0.25) is 0 Å². The second kappa shape index (κ2) is 15.9. The maximum absolute atomic E-state index is 12.7. The molecule has 278 valence electrons. The third kappa shape index (κ3) is 8.46. The van der Waals surface area contributed by atoms with Gasteiger partial charge in [0.15, 0.2) is 11.3 Å². The molecule has 1 saturated carbocycles. The van der Waals surface area contributed by atoms with E-state index in [1.807, 2.05) is 50.4 Å². The molecule has 0 spiro atoms. The summed E-state index contributed by atoms with van der Waals surface area (Å²) in [6.45, 7) is 4.27. The van der Waals surface area contributed by atoms with E-state index in [1.165, 1.54) is 4.31 Å². The third-order valence-corrected chi connectivity index (χ3v) is 11.7. The van der Waals surface area contributed by atoms with Crippen LogP contribution in [0, 0.1) is 5.92 Å². The van der Waals surface area contributed by atoms with Crippen molar-refractivity contribution in [3.63, 3.8) is 0 Å². The Kier molecular flexibility index (Phi) is 10.9. The molecule has 0 bridgehead atoms. The number of aliphatic hydroxyl groups is 2. The zero-order valence-corrected chi connectivity index (χ0v) is 30.5. The Morgan fingerprint density at radius 3 is 1.89 bits per heavy atom. The summed E-state index contributed by atoms with van der Waals surface area (Å²) in [6, 6.07) is 10.9. The molecule has 53 heavy (non-hydrogen) atoms. The van der Waals surface area contributed by atoms with Crippen LogP contribution < -0.4 is 10.6 Å². The molecule has 7 heterocycles. The fourth-order valence-electron chi connectivity index (χ4n) is 6.84. The van der Waals surface area contributed by atoms with Gasteiger partial charge in [0.2, 0.25) is 10.0 Å². The highest BCUT2D eigenvalue weighted by atomic mass is 32.2. The highest BCUT2D eigenvalue weighted by Gasteiger charge is 2.35. The number of rotatable bonds is 9. The molecule has 1 aliphatic carbocycles. The minimum Gasteiger partial charge on any atom is -0.391 e. The Bertz CT molecular complexity index is 2260. The van der Waals surface area contributed by atoms with Crippen molar-refractivity contribution in [3.05, 3.63) is 73.6 Å². The fraction of sp³-hybridized carbons (Fsp3) is 0.405. The first kappa shape index (κ1) is 36.3. The molecule has 1 aliphatic heterocycles. The number of piperidine rings is 1. The zero-order chi connectivity index (χ0) is 37.0. The predicted octanol–water partition coefficient (Wildman–Crippen LogP) is 4.59. The normalized spacial score (nSPS) is 21.0. The van der Waals surface area contributed by atoms with Gasteiger partial charge in [0, 0.05) is 49.0 Å². The Hall–Kier alpha value is -5.03. The molecule has 0 radical (unpaired) electrons. The van der Waals surface area contributed by atoms with Gasteiger partial charge in [0.1, 0.15) is 22.7 Å². The van der Waals surface area contributed by atoms with E-state index >= 15 is 0 Å². The lowest BCUT2D eigenvalue weighted by Gasteiger charge is -2.36. The van der Waals surface area contributed by atoms with Gasteiger partial charge in [-0.3, -0.25) is 0 Å². The molecule has 6 aromatic heterocycles. The zero-order valence-electron chi connectivity index (χ0n) is 29.7. The topological polar surface area (TPSA) is 211 Å². The monoisotopic (exact) mass is 739 g/mol. The maximum Gasteiger partial charge on any atom is 0.214 e. The van der Waals surface area contributed by atoms with Crippen molar-refractivity contribution in [3.8, 4) is 22.5 Å². The molecule has 0 amide bonds. The van der Waals surface area contributed by atoms with E-state index in [-0.39, 0.29) is 30.4 Å². The van der Waals surface area contributed by atoms with Gasteiger partial charge in [-0.05, 0) is 61.6 Å². The summed E-state index contributed by atoms with van der Waals surface area (Å²) in [7, 11) is -3.38. The first-order valence-corrected chi connectivity index (χ1v) is 19.6. The summed E-state index contributed by atoms with van der Waals surface area (Å²) >= 11 is 0. The molecule has 1 saturated heterocycles. The van der Waals surface area contributed by atoms with Gasteiger partial charge in [-0.2, -0.15) is 4.31 Å². The Morgan fingerprint density at radius 1 is 0.774 bits per heavy atom. The van der Waals surface area contributed by atoms with Crippen LogP contribution in [0.5, 0.6) is 0 Å². The molecule has 8 rings (SSSR count). The number of aromatic nitrogens is 8. The van der Waals surface area contributed by atoms with E-state index in [1.54, 1.807) is 37.1 Å². The Labute approximate surface area is 307 Å². The van der Waals surface area contributed by atoms with Gasteiger partial charge in [0.25, 0.3) is 0 Å². The first-order valence-electron chi connectivity index (χ1n) is 18.0. The number of H-pyrrole nitrogens is 2. The molecular weight excluding hydrogens is 695 g/mol. The highest BCUT2D eigenvalue weighted by Crippen LogP contribution is 2.30. The minimum absolute atomic E-state index is 0.0394. The maximum atomic E-state index is 12.7. The number of sulfonamides is 1. The van der Waals surface area contributed by atoms with Gasteiger partial charge in [-0.25, -0.2) is 38.3 Å². The number of aromatic amines is 2. The first-order chi connectivity index (χ1) is 25.6.